The molecule has 176 valence electrons. The molecular weight excluding hydrogens is 414 g/mol. The van der Waals surface area contributed by atoms with Crippen molar-refractivity contribution in [1.29, 1.82) is 5.41 Å². The van der Waals surface area contributed by atoms with Crippen LogP contribution in [0.5, 0.6) is 0 Å². The van der Waals surface area contributed by atoms with Crippen molar-refractivity contribution in [3.05, 3.63) is 29.8 Å². The zero-order valence-electron chi connectivity index (χ0n) is 19.6. The Hall–Kier alpha value is -3.16. The van der Waals surface area contributed by atoms with Gasteiger partial charge >= 0.3 is 0 Å². The highest BCUT2D eigenvalue weighted by Crippen LogP contribution is 2.31. The van der Waals surface area contributed by atoms with Crippen LogP contribution in [0.4, 0.5) is 17.5 Å². The van der Waals surface area contributed by atoms with E-state index in [2.05, 4.69) is 27.4 Å². The summed E-state index contributed by atoms with van der Waals surface area (Å²) in [6, 6.07) is 8.16. The topological polar surface area (TPSA) is 120 Å². The van der Waals surface area contributed by atoms with Crippen LogP contribution in [0, 0.1) is 11.3 Å². The minimum Gasteiger partial charge on any atom is -0.398 e. The van der Waals surface area contributed by atoms with Crippen molar-refractivity contribution in [3.8, 4) is 11.3 Å². The fourth-order valence-corrected chi connectivity index (χ4v) is 4.91. The van der Waals surface area contributed by atoms with Gasteiger partial charge in [-0.15, -0.1) is 0 Å². The normalized spacial score (nSPS) is 21.5. The first kappa shape index (κ1) is 23.0. The molecule has 1 saturated heterocycles. The Morgan fingerprint density at radius 1 is 1.15 bits per heavy atom. The second-order valence-corrected chi connectivity index (χ2v) is 9.29. The van der Waals surface area contributed by atoms with Crippen molar-refractivity contribution in [2.75, 3.05) is 29.5 Å². The molecule has 1 aromatic heterocycles. The molecule has 2 unspecified atom stereocenters. The minimum absolute atomic E-state index is 0.0397. The third-order valence-electron chi connectivity index (χ3n) is 6.97. The fraction of sp³-hybridized carbons (Fsp3) is 0.520. The maximum atomic E-state index is 13.0. The number of nitrogens with one attached hydrogen (secondary N) is 3. The monoisotopic (exact) mass is 449 g/mol. The fourth-order valence-electron chi connectivity index (χ4n) is 4.91. The number of carbonyl (C=O) groups excluding carboxylic acids is 1. The molecule has 0 spiro atoms. The van der Waals surface area contributed by atoms with Gasteiger partial charge in [-0.3, -0.25) is 4.79 Å². The zero-order chi connectivity index (χ0) is 23.4. The number of amides is 1. The third kappa shape index (κ3) is 5.26. The van der Waals surface area contributed by atoms with Crippen LogP contribution in [0.1, 0.15) is 57.4 Å². The molecule has 33 heavy (non-hydrogen) atoms. The lowest BCUT2D eigenvalue weighted by Crippen LogP contribution is -2.49. The van der Waals surface area contributed by atoms with Crippen LogP contribution in [-0.4, -0.2) is 47.8 Å². The van der Waals surface area contributed by atoms with Crippen molar-refractivity contribution in [1.82, 2.24) is 15.3 Å². The highest BCUT2D eigenvalue weighted by molar-refractivity contribution is 5.87. The number of nitrogens with two attached hydrogens (primary N) is 1. The van der Waals surface area contributed by atoms with Crippen molar-refractivity contribution >= 4 is 29.6 Å². The summed E-state index contributed by atoms with van der Waals surface area (Å²) in [5.41, 5.74) is 8.95. The number of hydrogen-bond donors (Lipinski definition) is 4. The number of benzene rings is 1. The number of nitrogen functional groups attached to an aromatic ring is 1. The van der Waals surface area contributed by atoms with E-state index in [4.69, 9.17) is 16.1 Å². The molecule has 2 aromatic rings. The molecule has 4 rings (SSSR count). The summed E-state index contributed by atoms with van der Waals surface area (Å²) >= 11 is 0. The average Bonchev–Trinajstić information content (AvgIpc) is 2.84. The van der Waals surface area contributed by atoms with E-state index in [1.807, 2.05) is 24.3 Å². The van der Waals surface area contributed by atoms with E-state index >= 15 is 0 Å². The van der Waals surface area contributed by atoms with Gasteiger partial charge in [0.2, 0.25) is 11.9 Å². The van der Waals surface area contributed by atoms with Crippen LogP contribution in [0.2, 0.25) is 0 Å². The zero-order valence-corrected chi connectivity index (χ0v) is 19.6. The Balaban J connectivity index is 1.57. The Labute approximate surface area is 195 Å². The highest BCUT2D eigenvalue weighted by Gasteiger charge is 2.32. The molecule has 0 radical (unpaired) electrons. The SMILES string of the molecule is CNc1nc(-c2ccc(C=N)c(N)c2)cc(N2CC(C(=O)NC3CCCCC3)CCC2C)n1. The lowest BCUT2D eigenvalue weighted by atomic mass is 9.90. The van der Waals surface area contributed by atoms with Gasteiger partial charge < -0.3 is 26.7 Å². The molecule has 5 N–H and O–H groups in total. The lowest BCUT2D eigenvalue weighted by molar-refractivity contribution is -0.126. The van der Waals surface area contributed by atoms with E-state index in [0.29, 0.717) is 29.8 Å². The van der Waals surface area contributed by atoms with Gasteiger partial charge in [0.05, 0.1) is 11.6 Å². The van der Waals surface area contributed by atoms with Crippen molar-refractivity contribution in [2.45, 2.75) is 64.0 Å². The van der Waals surface area contributed by atoms with Gasteiger partial charge in [-0.25, -0.2) is 4.98 Å². The van der Waals surface area contributed by atoms with Gasteiger partial charge in [0, 0.05) is 54.8 Å². The molecular formula is C25H35N7O. The Morgan fingerprint density at radius 2 is 1.94 bits per heavy atom. The van der Waals surface area contributed by atoms with Gasteiger partial charge in [-0.05, 0) is 38.7 Å². The van der Waals surface area contributed by atoms with Gasteiger partial charge in [0.25, 0.3) is 0 Å². The van der Waals surface area contributed by atoms with Crippen molar-refractivity contribution in [3.63, 3.8) is 0 Å². The van der Waals surface area contributed by atoms with Crippen LogP contribution in [0.3, 0.4) is 0 Å². The Kier molecular flexibility index (Phi) is 7.11. The second-order valence-electron chi connectivity index (χ2n) is 9.29. The standard InChI is InChI=1S/C25H35N7O/c1-16-8-9-19(24(33)29-20-6-4-3-5-7-20)15-32(16)23-13-22(30-25(28-2)31-23)17-10-11-18(14-26)21(27)12-17/h10-14,16,19-20,26H,3-9,15,27H2,1-2H3,(H,29,33)(H,28,30,31). The maximum Gasteiger partial charge on any atom is 0.225 e. The molecule has 1 saturated carbocycles. The van der Waals surface area contributed by atoms with E-state index in [0.717, 1.165) is 42.8 Å². The molecule has 2 heterocycles. The largest absolute Gasteiger partial charge is 0.398 e. The maximum absolute atomic E-state index is 13.0. The van der Waals surface area contributed by atoms with Gasteiger partial charge in [0.15, 0.2) is 0 Å². The van der Waals surface area contributed by atoms with E-state index in [-0.39, 0.29) is 17.9 Å². The molecule has 8 nitrogen and oxygen atoms in total. The molecule has 1 aliphatic carbocycles. The molecule has 2 fully saturated rings. The first-order chi connectivity index (χ1) is 16.0. The summed E-state index contributed by atoms with van der Waals surface area (Å²) < 4.78 is 0. The van der Waals surface area contributed by atoms with E-state index < -0.39 is 0 Å². The quantitative estimate of drug-likeness (QED) is 0.393. The van der Waals surface area contributed by atoms with Crippen LogP contribution >= 0.6 is 0 Å². The van der Waals surface area contributed by atoms with Crippen molar-refractivity contribution in [2.24, 2.45) is 5.92 Å². The number of hydrogen-bond acceptors (Lipinski definition) is 7. The lowest BCUT2D eigenvalue weighted by Gasteiger charge is -2.39. The highest BCUT2D eigenvalue weighted by atomic mass is 16.2. The smallest absolute Gasteiger partial charge is 0.225 e. The third-order valence-corrected chi connectivity index (χ3v) is 6.97. The number of rotatable bonds is 6. The summed E-state index contributed by atoms with van der Waals surface area (Å²) in [4.78, 5) is 24.6. The predicted octanol–water partition coefficient (Wildman–Crippen LogP) is 3.82. The molecule has 2 atom stereocenters. The van der Waals surface area contributed by atoms with Gasteiger partial charge in [-0.1, -0.05) is 31.4 Å². The van der Waals surface area contributed by atoms with Gasteiger partial charge in [0.1, 0.15) is 5.82 Å². The minimum atomic E-state index is -0.0397. The van der Waals surface area contributed by atoms with Crippen LogP contribution in [0.25, 0.3) is 11.3 Å². The summed E-state index contributed by atoms with van der Waals surface area (Å²) in [6.07, 6.45) is 8.98. The van der Waals surface area contributed by atoms with E-state index in [9.17, 15) is 4.79 Å². The molecule has 1 amide bonds. The molecule has 0 bridgehead atoms. The Bertz CT molecular complexity index is 1000. The van der Waals surface area contributed by atoms with Crippen LogP contribution in [-0.2, 0) is 4.79 Å². The first-order valence-electron chi connectivity index (χ1n) is 12.0. The van der Waals surface area contributed by atoms with Crippen molar-refractivity contribution < 1.29 is 4.79 Å². The van der Waals surface area contributed by atoms with Crippen LogP contribution < -0.4 is 21.3 Å². The number of carbonyl (C=O) groups is 1. The number of nitrogens with zero attached hydrogens (tertiary/aromatic N) is 3. The Morgan fingerprint density at radius 3 is 2.64 bits per heavy atom. The summed E-state index contributed by atoms with van der Waals surface area (Å²) in [6.45, 7) is 2.83. The number of aromatic nitrogens is 2. The number of anilines is 3. The summed E-state index contributed by atoms with van der Waals surface area (Å²) in [5.74, 6) is 1.47. The number of piperidine rings is 1. The summed E-state index contributed by atoms with van der Waals surface area (Å²) in [7, 11) is 1.80. The van der Waals surface area contributed by atoms with Gasteiger partial charge in [-0.2, -0.15) is 4.98 Å². The van der Waals surface area contributed by atoms with Crippen LogP contribution in [0.15, 0.2) is 24.3 Å². The molecule has 8 heteroatoms. The second kappa shape index (κ2) is 10.2. The van der Waals surface area contributed by atoms with E-state index in [1.165, 1.54) is 25.5 Å². The molecule has 1 aliphatic heterocycles. The first-order valence-corrected chi connectivity index (χ1v) is 12.0. The van der Waals surface area contributed by atoms with E-state index in [1.54, 1.807) is 7.05 Å². The summed E-state index contributed by atoms with van der Waals surface area (Å²) in [5, 5.41) is 13.8. The average molecular weight is 450 g/mol. The predicted molar refractivity (Wildman–Crippen MR) is 134 cm³/mol. The molecule has 1 aromatic carbocycles. The molecule has 2 aliphatic rings.